The van der Waals surface area contributed by atoms with E-state index in [2.05, 4.69) is 0 Å². The maximum atomic E-state index is 12.9. The molecule has 2 rings (SSSR count). The van der Waals surface area contributed by atoms with E-state index in [0.717, 1.165) is 12.1 Å². The van der Waals surface area contributed by atoms with Crippen molar-refractivity contribution in [3.63, 3.8) is 0 Å². The number of likely N-dealkylation sites (tertiary alicyclic amines) is 1. The Morgan fingerprint density at radius 2 is 1.77 bits per heavy atom. The number of rotatable bonds is 4. The van der Waals surface area contributed by atoms with Gasteiger partial charge in [-0.25, -0.2) is 12.8 Å². The first-order valence-corrected chi connectivity index (χ1v) is 9.12. The molecule has 0 unspecified atom stereocenters. The summed E-state index contributed by atoms with van der Waals surface area (Å²) in [6.45, 7) is 4.92. The summed E-state index contributed by atoms with van der Waals surface area (Å²) >= 11 is 0. The summed E-state index contributed by atoms with van der Waals surface area (Å²) in [5.41, 5.74) is 0. The third-order valence-electron chi connectivity index (χ3n) is 3.96. The van der Waals surface area contributed by atoms with Crippen LogP contribution in [0.3, 0.4) is 0 Å². The van der Waals surface area contributed by atoms with Gasteiger partial charge in [-0.1, -0.05) is 13.8 Å². The number of halogens is 1. The van der Waals surface area contributed by atoms with Gasteiger partial charge in [0.1, 0.15) is 5.82 Å². The number of piperidine rings is 1. The summed E-state index contributed by atoms with van der Waals surface area (Å²) in [6.07, 6.45) is 1.36. The average molecular weight is 327 g/mol. The predicted molar refractivity (Wildman–Crippen MR) is 82.6 cm³/mol. The van der Waals surface area contributed by atoms with Crippen molar-refractivity contribution in [1.82, 2.24) is 4.90 Å². The molecule has 0 aromatic heterocycles. The summed E-state index contributed by atoms with van der Waals surface area (Å²) in [6, 6.07) is 4.93. The van der Waals surface area contributed by atoms with Gasteiger partial charge in [0.2, 0.25) is 5.91 Å². The molecule has 1 heterocycles. The van der Waals surface area contributed by atoms with Crippen LogP contribution < -0.4 is 0 Å². The highest BCUT2D eigenvalue weighted by Crippen LogP contribution is 2.25. The van der Waals surface area contributed by atoms with E-state index in [-0.39, 0.29) is 10.8 Å². The standard InChI is InChI=1S/C16H22FNO3S/c1-12(2)11-16(19)18-9-7-15(8-10-18)22(20,21)14-5-3-13(17)4-6-14/h3-6,12,15H,7-11H2,1-2H3. The SMILES string of the molecule is CC(C)CC(=O)N1CCC(S(=O)(=O)c2ccc(F)cc2)CC1. The smallest absolute Gasteiger partial charge is 0.222 e. The lowest BCUT2D eigenvalue weighted by atomic mass is 10.1. The lowest BCUT2D eigenvalue weighted by Gasteiger charge is -2.32. The first-order valence-electron chi connectivity index (χ1n) is 7.58. The molecule has 1 aliphatic rings. The molecule has 0 N–H and O–H groups in total. The number of sulfone groups is 1. The summed E-state index contributed by atoms with van der Waals surface area (Å²) in [5.74, 6) is -0.0612. The quantitative estimate of drug-likeness (QED) is 0.799. The third kappa shape index (κ3) is 3.85. The Balaban J connectivity index is 2.01. The number of carbonyl (C=O) groups is 1. The number of hydrogen-bond acceptors (Lipinski definition) is 3. The Labute approximate surface area is 131 Å². The van der Waals surface area contributed by atoms with E-state index in [4.69, 9.17) is 0 Å². The van der Waals surface area contributed by atoms with E-state index in [1.807, 2.05) is 13.8 Å². The molecule has 1 amide bonds. The molecule has 122 valence electrons. The number of carbonyl (C=O) groups excluding carboxylic acids is 1. The summed E-state index contributed by atoms with van der Waals surface area (Å²) < 4.78 is 38.0. The largest absolute Gasteiger partial charge is 0.343 e. The summed E-state index contributed by atoms with van der Waals surface area (Å²) in [5, 5.41) is -0.499. The van der Waals surface area contributed by atoms with Crippen LogP contribution >= 0.6 is 0 Å². The first kappa shape index (κ1) is 16.9. The Bertz CT molecular complexity index is 617. The molecular formula is C16H22FNO3S. The molecule has 22 heavy (non-hydrogen) atoms. The second-order valence-corrected chi connectivity index (χ2v) is 8.41. The van der Waals surface area contributed by atoms with Crippen molar-refractivity contribution in [2.45, 2.75) is 43.3 Å². The van der Waals surface area contributed by atoms with Crippen molar-refractivity contribution in [3.8, 4) is 0 Å². The fourth-order valence-corrected chi connectivity index (χ4v) is 4.44. The van der Waals surface area contributed by atoms with Crippen LogP contribution in [0.4, 0.5) is 4.39 Å². The summed E-state index contributed by atoms with van der Waals surface area (Å²) in [4.78, 5) is 13.9. The van der Waals surface area contributed by atoms with Crippen LogP contribution in [0.2, 0.25) is 0 Å². The topological polar surface area (TPSA) is 54.5 Å². The number of hydrogen-bond donors (Lipinski definition) is 0. The van der Waals surface area contributed by atoms with Crippen LogP contribution in [0.5, 0.6) is 0 Å². The molecule has 1 fully saturated rings. The molecular weight excluding hydrogens is 305 g/mol. The average Bonchev–Trinajstić information content (AvgIpc) is 2.47. The molecule has 0 saturated carbocycles. The zero-order valence-electron chi connectivity index (χ0n) is 13.0. The van der Waals surface area contributed by atoms with Gasteiger partial charge in [-0.05, 0) is 43.0 Å². The molecule has 6 heteroatoms. The monoisotopic (exact) mass is 327 g/mol. The fraction of sp³-hybridized carbons (Fsp3) is 0.562. The van der Waals surface area contributed by atoms with Crippen molar-refractivity contribution in [1.29, 1.82) is 0 Å². The number of benzene rings is 1. The molecule has 0 atom stereocenters. The van der Waals surface area contributed by atoms with Crippen LogP contribution in [0.25, 0.3) is 0 Å². The highest BCUT2D eigenvalue weighted by Gasteiger charge is 2.32. The second kappa shape index (κ2) is 6.77. The minimum Gasteiger partial charge on any atom is -0.343 e. The van der Waals surface area contributed by atoms with Gasteiger partial charge in [-0.3, -0.25) is 4.79 Å². The fourth-order valence-electron chi connectivity index (χ4n) is 2.71. The Kier molecular flexibility index (Phi) is 5.21. The van der Waals surface area contributed by atoms with Crippen LogP contribution in [-0.2, 0) is 14.6 Å². The Morgan fingerprint density at radius 3 is 2.27 bits per heavy atom. The van der Waals surface area contributed by atoms with Gasteiger partial charge in [0, 0.05) is 19.5 Å². The van der Waals surface area contributed by atoms with Crippen molar-refractivity contribution in [2.75, 3.05) is 13.1 Å². The van der Waals surface area contributed by atoms with Gasteiger partial charge >= 0.3 is 0 Å². The van der Waals surface area contributed by atoms with Gasteiger partial charge < -0.3 is 4.90 Å². The first-order chi connectivity index (χ1) is 10.3. The molecule has 0 aliphatic carbocycles. The van der Waals surface area contributed by atoms with Gasteiger partial charge in [0.15, 0.2) is 9.84 Å². The highest BCUT2D eigenvalue weighted by molar-refractivity contribution is 7.92. The van der Waals surface area contributed by atoms with Crippen LogP contribution in [0, 0.1) is 11.7 Å². The van der Waals surface area contributed by atoms with Gasteiger partial charge in [0.25, 0.3) is 0 Å². The molecule has 4 nitrogen and oxygen atoms in total. The van der Waals surface area contributed by atoms with Crippen LogP contribution in [0.15, 0.2) is 29.2 Å². The van der Waals surface area contributed by atoms with Crippen LogP contribution in [-0.4, -0.2) is 37.6 Å². The van der Waals surface area contributed by atoms with Gasteiger partial charge in [-0.2, -0.15) is 0 Å². The minimum absolute atomic E-state index is 0.0904. The molecule has 1 aromatic rings. The predicted octanol–water partition coefficient (Wildman–Crippen LogP) is 2.64. The van der Waals surface area contributed by atoms with Crippen molar-refractivity contribution in [3.05, 3.63) is 30.1 Å². The molecule has 1 aromatic carbocycles. The summed E-state index contributed by atoms with van der Waals surface area (Å²) in [7, 11) is -3.46. The Hall–Kier alpha value is -1.43. The van der Waals surface area contributed by atoms with Gasteiger partial charge in [0.05, 0.1) is 10.1 Å². The molecule has 1 saturated heterocycles. The van der Waals surface area contributed by atoms with E-state index in [0.29, 0.717) is 38.3 Å². The minimum atomic E-state index is -3.46. The van der Waals surface area contributed by atoms with Gasteiger partial charge in [-0.15, -0.1) is 0 Å². The lowest BCUT2D eigenvalue weighted by Crippen LogP contribution is -2.42. The maximum Gasteiger partial charge on any atom is 0.222 e. The number of nitrogens with zero attached hydrogens (tertiary/aromatic N) is 1. The van der Waals surface area contributed by atoms with E-state index < -0.39 is 20.9 Å². The second-order valence-electron chi connectivity index (χ2n) is 6.18. The Morgan fingerprint density at radius 1 is 1.23 bits per heavy atom. The molecule has 0 radical (unpaired) electrons. The highest BCUT2D eigenvalue weighted by atomic mass is 32.2. The number of amides is 1. The van der Waals surface area contributed by atoms with E-state index >= 15 is 0 Å². The molecule has 1 aliphatic heterocycles. The lowest BCUT2D eigenvalue weighted by molar-refractivity contribution is -0.132. The van der Waals surface area contributed by atoms with Crippen molar-refractivity contribution >= 4 is 15.7 Å². The van der Waals surface area contributed by atoms with Crippen LogP contribution in [0.1, 0.15) is 33.1 Å². The normalized spacial score (nSPS) is 17.0. The molecule has 0 spiro atoms. The zero-order chi connectivity index (χ0) is 16.3. The maximum absolute atomic E-state index is 12.9. The third-order valence-corrected chi connectivity index (χ3v) is 6.24. The van der Waals surface area contributed by atoms with E-state index in [1.165, 1.54) is 12.1 Å². The van der Waals surface area contributed by atoms with Crippen molar-refractivity contribution in [2.24, 2.45) is 5.92 Å². The zero-order valence-corrected chi connectivity index (χ0v) is 13.8. The molecule has 0 bridgehead atoms. The van der Waals surface area contributed by atoms with Crippen molar-refractivity contribution < 1.29 is 17.6 Å². The van der Waals surface area contributed by atoms with E-state index in [9.17, 15) is 17.6 Å². The van der Waals surface area contributed by atoms with E-state index in [1.54, 1.807) is 4.90 Å².